The topological polar surface area (TPSA) is 55.8 Å². The van der Waals surface area contributed by atoms with E-state index in [1.54, 1.807) is 0 Å². The Bertz CT molecular complexity index is 1170. The molecule has 3 aromatic rings. The number of hydrogen-bond acceptors (Lipinski definition) is 5. The summed E-state index contributed by atoms with van der Waals surface area (Å²) in [6.07, 6.45) is 0.680. The molecule has 5 nitrogen and oxygen atoms in total. The van der Waals surface area contributed by atoms with E-state index < -0.39 is 9.84 Å². The number of ether oxygens (including phenoxy) is 2. The lowest BCUT2D eigenvalue weighted by atomic mass is 9.96. The molecule has 0 N–H and O–H groups in total. The van der Waals surface area contributed by atoms with Crippen molar-refractivity contribution in [3.05, 3.63) is 60.7 Å². The molecule has 0 spiro atoms. The molecule has 1 atom stereocenters. The lowest BCUT2D eigenvalue weighted by Gasteiger charge is -2.29. The van der Waals surface area contributed by atoms with Gasteiger partial charge in [0.05, 0.1) is 31.3 Å². The Balaban J connectivity index is 1.46. The van der Waals surface area contributed by atoms with Gasteiger partial charge in [-0.3, -0.25) is 0 Å². The molecule has 0 bridgehead atoms. The Morgan fingerprint density at radius 3 is 2.48 bits per heavy atom. The third-order valence-corrected chi connectivity index (χ3v) is 8.06. The number of fused-ring (bicyclic) bond motifs is 1. The van der Waals surface area contributed by atoms with Crippen LogP contribution >= 0.6 is 0 Å². The van der Waals surface area contributed by atoms with E-state index in [1.165, 1.54) is 5.69 Å². The molecule has 2 aliphatic rings. The molecule has 0 radical (unpaired) electrons. The van der Waals surface area contributed by atoms with Crippen molar-refractivity contribution in [3.63, 3.8) is 0 Å². The fourth-order valence-corrected chi connectivity index (χ4v) is 6.38. The highest BCUT2D eigenvalue weighted by atomic mass is 32.2. The van der Waals surface area contributed by atoms with Gasteiger partial charge in [0.15, 0.2) is 9.84 Å². The summed E-state index contributed by atoms with van der Waals surface area (Å²) >= 11 is 0. The zero-order chi connectivity index (χ0) is 21.3. The Labute approximate surface area is 183 Å². The average molecular weight is 438 g/mol. The van der Waals surface area contributed by atoms with Gasteiger partial charge in [-0.15, -0.1) is 0 Å². The van der Waals surface area contributed by atoms with Crippen molar-refractivity contribution in [1.82, 2.24) is 0 Å². The summed E-state index contributed by atoms with van der Waals surface area (Å²) < 4.78 is 35.3. The number of morpholine rings is 1. The fraction of sp³-hybridized carbons (Fsp3) is 0.360. The standard InChI is InChI=1S/C25H27NO4S/c27-31(28)16-11-19(18-31)17-30-24-10-7-20-3-1-2-4-23(20)25(24)21-5-8-22(9-6-21)26-12-14-29-15-13-26/h1-10,19H,11-18H2. The summed E-state index contributed by atoms with van der Waals surface area (Å²) in [6, 6.07) is 21.0. The van der Waals surface area contributed by atoms with Crippen molar-refractivity contribution in [3.8, 4) is 16.9 Å². The monoisotopic (exact) mass is 437 g/mol. The molecule has 0 saturated carbocycles. The zero-order valence-corrected chi connectivity index (χ0v) is 18.3. The molecular weight excluding hydrogens is 410 g/mol. The van der Waals surface area contributed by atoms with Crippen molar-refractivity contribution >= 4 is 26.3 Å². The molecule has 5 rings (SSSR count). The molecule has 2 heterocycles. The number of sulfone groups is 1. The summed E-state index contributed by atoms with van der Waals surface area (Å²) in [5.41, 5.74) is 3.36. The van der Waals surface area contributed by atoms with E-state index >= 15 is 0 Å². The van der Waals surface area contributed by atoms with E-state index in [1.807, 2.05) is 18.2 Å². The summed E-state index contributed by atoms with van der Waals surface area (Å²) in [7, 11) is -2.91. The van der Waals surface area contributed by atoms with Crippen molar-refractivity contribution in [2.75, 3.05) is 49.3 Å². The zero-order valence-electron chi connectivity index (χ0n) is 17.5. The normalized spacial score (nSPS) is 20.8. The van der Waals surface area contributed by atoms with Gasteiger partial charge in [0, 0.05) is 30.3 Å². The summed E-state index contributed by atoms with van der Waals surface area (Å²) in [4.78, 5) is 2.34. The molecule has 0 aromatic heterocycles. The van der Waals surface area contributed by atoms with E-state index in [4.69, 9.17) is 9.47 Å². The maximum absolute atomic E-state index is 11.8. The van der Waals surface area contributed by atoms with Crippen molar-refractivity contribution in [2.45, 2.75) is 6.42 Å². The van der Waals surface area contributed by atoms with Gasteiger partial charge in [-0.25, -0.2) is 8.42 Å². The van der Waals surface area contributed by atoms with Gasteiger partial charge in [0.2, 0.25) is 0 Å². The second kappa shape index (κ2) is 8.52. The predicted molar refractivity (Wildman–Crippen MR) is 125 cm³/mol. The highest BCUT2D eigenvalue weighted by molar-refractivity contribution is 7.91. The highest BCUT2D eigenvalue weighted by Gasteiger charge is 2.28. The first kappa shape index (κ1) is 20.3. The van der Waals surface area contributed by atoms with E-state index in [9.17, 15) is 8.42 Å². The molecule has 31 heavy (non-hydrogen) atoms. The quantitative estimate of drug-likeness (QED) is 0.600. The van der Waals surface area contributed by atoms with Gasteiger partial charge in [0.1, 0.15) is 5.75 Å². The highest BCUT2D eigenvalue weighted by Crippen LogP contribution is 2.38. The molecule has 0 aliphatic carbocycles. The van der Waals surface area contributed by atoms with Crippen LogP contribution in [0.5, 0.6) is 5.75 Å². The molecule has 3 aromatic carbocycles. The minimum absolute atomic E-state index is 0.0630. The molecule has 0 amide bonds. The van der Waals surface area contributed by atoms with Crippen LogP contribution in [0, 0.1) is 5.92 Å². The van der Waals surface area contributed by atoms with Crippen molar-refractivity contribution in [2.24, 2.45) is 5.92 Å². The van der Waals surface area contributed by atoms with Crippen LogP contribution < -0.4 is 9.64 Å². The number of benzene rings is 3. The minimum atomic E-state index is -2.91. The average Bonchev–Trinajstić information content (AvgIpc) is 3.16. The largest absolute Gasteiger partial charge is 0.493 e. The van der Waals surface area contributed by atoms with E-state index in [2.05, 4.69) is 47.4 Å². The van der Waals surface area contributed by atoms with Gasteiger partial charge >= 0.3 is 0 Å². The first-order valence-electron chi connectivity index (χ1n) is 10.9. The Hall–Kier alpha value is -2.57. The Morgan fingerprint density at radius 1 is 0.968 bits per heavy atom. The maximum Gasteiger partial charge on any atom is 0.150 e. The van der Waals surface area contributed by atoms with Crippen LogP contribution in [0.4, 0.5) is 5.69 Å². The lowest BCUT2D eigenvalue weighted by Crippen LogP contribution is -2.36. The van der Waals surface area contributed by atoms with Crippen LogP contribution in [-0.4, -0.2) is 52.8 Å². The number of hydrogen-bond donors (Lipinski definition) is 0. The smallest absolute Gasteiger partial charge is 0.150 e. The number of rotatable bonds is 5. The van der Waals surface area contributed by atoms with Crippen LogP contribution in [0.3, 0.4) is 0 Å². The van der Waals surface area contributed by atoms with E-state index in [-0.39, 0.29) is 17.4 Å². The van der Waals surface area contributed by atoms with Gasteiger partial charge in [-0.1, -0.05) is 42.5 Å². The van der Waals surface area contributed by atoms with Crippen LogP contribution in [0.2, 0.25) is 0 Å². The second-order valence-corrected chi connectivity index (χ2v) is 10.6. The molecular formula is C25H27NO4S. The minimum Gasteiger partial charge on any atom is -0.493 e. The van der Waals surface area contributed by atoms with Gasteiger partial charge in [0.25, 0.3) is 0 Å². The van der Waals surface area contributed by atoms with Gasteiger partial charge in [-0.2, -0.15) is 0 Å². The van der Waals surface area contributed by atoms with Crippen LogP contribution in [0.25, 0.3) is 21.9 Å². The van der Waals surface area contributed by atoms with Gasteiger partial charge in [-0.05, 0) is 41.0 Å². The summed E-state index contributed by atoms with van der Waals surface area (Å²) in [5, 5.41) is 2.30. The lowest BCUT2D eigenvalue weighted by molar-refractivity contribution is 0.122. The predicted octanol–water partition coefficient (Wildman–Crippen LogP) is 4.16. The van der Waals surface area contributed by atoms with Crippen LogP contribution in [0.1, 0.15) is 6.42 Å². The molecule has 2 aliphatic heterocycles. The van der Waals surface area contributed by atoms with E-state index in [0.29, 0.717) is 13.0 Å². The van der Waals surface area contributed by atoms with Crippen LogP contribution in [-0.2, 0) is 14.6 Å². The third kappa shape index (κ3) is 4.41. The second-order valence-electron chi connectivity index (χ2n) is 8.39. The Kier molecular flexibility index (Phi) is 5.59. The van der Waals surface area contributed by atoms with E-state index in [0.717, 1.165) is 54.0 Å². The molecule has 6 heteroatoms. The molecule has 2 saturated heterocycles. The summed E-state index contributed by atoms with van der Waals surface area (Å²) in [6.45, 7) is 3.77. The first-order chi connectivity index (χ1) is 15.1. The molecule has 162 valence electrons. The summed E-state index contributed by atoms with van der Waals surface area (Å²) in [5.74, 6) is 1.37. The molecule has 1 unspecified atom stereocenters. The third-order valence-electron chi connectivity index (χ3n) is 6.22. The SMILES string of the molecule is O=S1(=O)CCC(COc2ccc3ccccc3c2-c2ccc(N3CCOCC3)cc2)C1. The number of nitrogens with zero attached hydrogens (tertiary/aromatic N) is 1. The fourth-order valence-electron chi connectivity index (χ4n) is 4.54. The molecule has 2 fully saturated rings. The van der Waals surface area contributed by atoms with Crippen molar-refractivity contribution in [1.29, 1.82) is 0 Å². The Morgan fingerprint density at radius 2 is 1.74 bits per heavy atom. The van der Waals surface area contributed by atoms with Crippen molar-refractivity contribution < 1.29 is 17.9 Å². The number of anilines is 1. The van der Waals surface area contributed by atoms with Crippen LogP contribution in [0.15, 0.2) is 60.7 Å². The first-order valence-corrected chi connectivity index (χ1v) is 12.7. The maximum atomic E-state index is 11.8. The van der Waals surface area contributed by atoms with Gasteiger partial charge < -0.3 is 14.4 Å².